The lowest BCUT2D eigenvalue weighted by Crippen LogP contribution is -2.23. The minimum Gasteiger partial charge on any atom is -0.497 e. The van der Waals surface area contributed by atoms with Crippen molar-refractivity contribution in [3.8, 4) is 17.2 Å². The largest absolute Gasteiger partial charge is 0.497 e. The van der Waals surface area contributed by atoms with Gasteiger partial charge in [0.2, 0.25) is 5.91 Å². The molecule has 0 aliphatic rings. The van der Waals surface area contributed by atoms with Gasteiger partial charge in [-0.3, -0.25) is 14.2 Å². The second-order valence-corrected chi connectivity index (χ2v) is 9.18. The van der Waals surface area contributed by atoms with Gasteiger partial charge in [0.05, 0.1) is 36.6 Å². The van der Waals surface area contributed by atoms with Crippen molar-refractivity contribution >= 4 is 34.3 Å². The van der Waals surface area contributed by atoms with Crippen molar-refractivity contribution in [1.29, 1.82) is 0 Å². The zero-order valence-corrected chi connectivity index (χ0v) is 20.9. The molecule has 3 aromatic carbocycles. The summed E-state index contributed by atoms with van der Waals surface area (Å²) in [7, 11) is 3.10. The summed E-state index contributed by atoms with van der Waals surface area (Å²) in [6.07, 6.45) is 0. The molecule has 0 fully saturated rings. The number of nitrogens with one attached hydrogen (secondary N) is 1. The number of para-hydroxylation sites is 1. The van der Waals surface area contributed by atoms with E-state index < -0.39 is 0 Å². The first-order valence-corrected chi connectivity index (χ1v) is 12.2. The first kappa shape index (κ1) is 24.3. The van der Waals surface area contributed by atoms with Gasteiger partial charge in [-0.15, -0.1) is 0 Å². The predicted octanol–water partition coefficient (Wildman–Crippen LogP) is 5.26. The highest BCUT2D eigenvalue weighted by atomic mass is 32.2. The van der Waals surface area contributed by atoms with Crippen LogP contribution in [-0.2, 0) is 4.79 Å². The molecule has 1 amide bonds. The van der Waals surface area contributed by atoms with Crippen molar-refractivity contribution in [2.75, 3.05) is 25.3 Å². The van der Waals surface area contributed by atoms with Gasteiger partial charge in [-0.2, -0.15) is 0 Å². The molecule has 0 aliphatic carbocycles. The van der Waals surface area contributed by atoms with Gasteiger partial charge in [0.25, 0.3) is 5.56 Å². The van der Waals surface area contributed by atoms with E-state index in [-0.39, 0.29) is 17.2 Å². The van der Waals surface area contributed by atoms with E-state index in [1.807, 2.05) is 36.4 Å². The molecule has 0 unspecified atom stereocenters. The van der Waals surface area contributed by atoms with Crippen LogP contribution in [0.4, 0.5) is 5.69 Å². The molecule has 1 N–H and O–H groups in total. The van der Waals surface area contributed by atoms with Gasteiger partial charge in [0.15, 0.2) is 5.16 Å². The Morgan fingerprint density at radius 1 is 1.00 bits per heavy atom. The summed E-state index contributed by atoms with van der Waals surface area (Å²) in [4.78, 5) is 30.9. The van der Waals surface area contributed by atoms with Crippen molar-refractivity contribution in [3.05, 3.63) is 82.6 Å². The predicted molar refractivity (Wildman–Crippen MR) is 140 cm³/mol. The zero-order valence-electron chi connectivity index (χ0n) is 20.1. The molecule has 8 heteroatoms. The third kappa shape index (κ3) is 5.49. The Hall–Kier alpha value is -3.78. The fourth-order valence-electron chi connectivity index (χ4n) is 3.65. The van der Waals surface area contributed by atoms with Gasteiger partial charge < -0.3 is 14.8 Å². The van der Waals surface area contributed by atoms with E-state index >= 15 is 0 Å². The molecule has 0 bridgehead atoms. The molecule has 0 saturated carbocycles. The minimum atomic E-state index is -0.241. The number of amides is 1. The first-order chi connectivity index (χ1) is 16.9. The van der Waals surface area contributed by atoms with E-state index in [0.29, 0.717) is 44.9 Å². The fraction of sp³-hybridized carbons (Fsp3) is 0.222. The topological polar surface area (TPSA) is 82.5 Å². The van der Waals surface area contributed by atoms with E-state index in [4.69, 9.17) is 14.5 Å². The number of carbonyl (C=O) groups excluding carboxylic acids is 1. The third-order valence-electron chi connectivity index (χ3n) is 5.53. The van der Waals surface area contributed by atoms with Crippen molar-refractivity contribution in [1.82, 2.24) is 9.55 Å². The molecule has 4 aromatic rings. The van der Waals surface area contributed by atoms with Crippen LogP contribution in [0, 0.1) is 0 Å². The second kappa shape index (κ2) is 10.7. The van der Waals surface area contributed by atoms with Crippen LogP contribution in [0.1, 0.15) is 25.3 Å². The standard InChI is InChI=1S/C27H27N3O4S/c1-17(2)18-9-11-20(12-10-18)30-26(32)23-7-5-6-8-24(23)29-27(30)35-16-25(31)28-19-13-21(33-3)15-22(14-19)34-4/h5-15,17H,16H2,1-4H3,(H,28,31). The Morgan fingerprint density at radius 2 is 1.66 bits per heavy atom. The third-order valence-corrected chi connectivity index (χ3v) is 6.47. The van der Waals surface area contributed by atoms with Crippen LogP contribution in [0.25, 0.3) is 16.6 Å². The van der Waals surface area contributed by atoms with Crippen LogP contribution >= 0.6 is 11.8 Å². The SMILES string of the molecule is COc1cc(NC(=O)CSc2nc3ccccc3c(=O)n2-c2ccc(C(C)C)cc2)cc(OC)c1. The summed E-state index contributed by atoms with van der Waals surface area (Å²) in [5.74, 6) is 1.34. The summed E-state index contributed by atoms with van der Waals surface area (Å²) in [6, 6.07) is 20.2. The summed E-state index contributed by atoms with van der Waals surface area (Å²) in [5, 5.41) is 3.83. The summed E-state index contributed by atoms with van der Waals surface area (Å²) in [5.41, 5.74) is 2.86. The molecular weight excluding hydrogens is 462 g/mol. The van der Waals surface area contributed by atoms with Crippen molar-refractivity contribution < 1.29 is 14.3 Å². The Balaban J connectivity index is 1.64. The Morgan fingerprint density at radius 3 is 2.29 bits per heavy atom. The Labute approximate surface area is 208 Å². The molecule has 1 heterocycles. The first-order valence-electron chi connectivity index (χ1n) is 11.2. The molecule has 0 radical (unpaired) electrons. The number of aromatic nitrogens is 2. The molecule has 0 saturated heterocycles. The minimum absolute atomic E-state index is 0.0639. The number of carbonyl (C=O) groups is 1. The van der Waals surface area contributed by atoms with Gasteiger partial charge in [0, 0.05) is 23.9 Å². The van der Waals surface area contributed by atoms with Crippen LogP contribution in [0.15, 0.2) is 76.7 Å². The number of ether oxygens (including phenoxy) is 2. The number of nitrogens with zero attached hydrogens (tertiary/aromatic N) is 2. The molecule has 7 nitrogen and oxygen atoms in total. The van der Waals surface area contributed by atoms with Crippen LogP contribution in [0.2, 0.25) is 0 Å². The highest BCUT2D eigenvalue weighted by Gasteiger charge is 2.16. The van der Waals surface area contributed by atoms with E-state index in [2.05, 4.69) is 19.2 Å². The summed E-state index contributed by atoms with van der Waals surface area (Å²) in [6.45, 7) is 4.24. The van der Waals surface area contributed by atoms with E-state index in [1.165, 1.54) is 17.3 Å². The van der Waals surface area contributed by atoms with Gasteiger partial charge in [0.1, 0.15) is 11.5 Å². The summed E-state index contributed by atoms with van der Waals surface area (Å²) >= 11 is 1.21. The Kier molecular flexibility index (Phi) is 7.41. The van der Waals surface area contributed by atoms with Gasteiger partial charge in [-0.05, 0) is 35.7 Å². The smallest absolute Gasteiger partial charge is 0.266 e. The molecule has 180 valence electrons. The number of hydrogen-bond donors (Lipinski definition) is 1. The number of benzene rings is 3. The number of rotatable bonds is 8. The molecule has 4 rings (SSSR count). The lowest BCUT2D eigenvalue weighted by Gasteiger charge is -2.14. The van der Waals surface area contributed by atoms with Crippen LogP contribution in [-0.4, -0.2) is 35.4 Å². The molecule has 0 atom stereocenters. The maximum absolute atomic E-state index is 13.4. The van der Waals surface area contributed by atoms with E-state index in [1.54, 1.807) is 49.1 Å². The van der Waals surface area contributed by atoms with Crippen molar-refractivity contribution in [3.63, 3.8) is 0 Å². The molecule has 0 aliphatic heterocycles. The number of methoxy groups -OCH3 is 2. The van der Waals surface area contributed by atoms with Crippen LogP contribution < -0.4 is 20.3 Å². The maximum Gasteiger partial charge on any atom is 0.266 e. The highest BCUT2D eigenvalue weighted by molar-refractivity contribution is 7.99. The number of hydrogen-bond acceptors (Lipinski definition) is 6. The molecule has 1 aromatic heterocycles. The molecule has 0 spiro atoms. The van der Waals surface area contributed by atoms with Gasteiger partial charge >= 0.3 is 0 Å². The fourth-order valence-corrected chi connectivity index (χ4v) is 4.46. The van der Waals surface area contributed by atoms with E-state index in [9.17, 15) is 9.59 Å². The average Bonchev–Trinajstić information content (AvgIpc) is 2.87. The van der Waals surface area contributed by atoms with Crippen LogP contribution in [0.5, 0.6) is 11.5 Å². The van der Waals surface area contributed by atoms with Crippen molar-refractivity contribution in [2.24, 2.45) is 0 Å². The normalized spacial score (nSPS) is 11.0. The van der Waals surface area contributed by atoms with E-state index in [0.717, 1.165) is 0 Å². The molecular formula is C27H27N3O4S. The monoisotopic (exact) mass is 489 g/mol. The lowest BCUT2D eigenvalue weighted by molar-refractivity contribution is -0.113. The van der Waals surface area contributed by atoms with Gasteiger partial charge in [-0.25, -0.2) is 4.98 Å². The maximum atomic E-state index is 13.4. The van der Waals surface area contributed by atoms with Crippen LogP contribution in [0.3, 0.4) is 0 Å². The molecule has 35 heavy (non-hydrogen) atoms. The number of anilines is 1. The summed E-state index contributed by atoms with van der Waals surface area (Å²) < 4.78 is 12.1. The highest BCUT2D eigenvalue weighted by Crippen LogP contribution is 2.27. The number of thioether (sulfide) groups is 1. The average molecular weight is 490 g/mol. The zero-order chi connectivity index (χ0) is 24.9. The van der Waals surface area contributed by atoms with Gasteiger partial charge in [-0.1, -0.05) is 49.9 Å². The second-order valence-electron chi connectivity index (χ2n) is 8.24. The quantitative estimate of drug-likeness (QED) is 0.269. The lowest BCUT2D eigenvalue weighted by atomic mass is 10.0. The Bertz CT molecular complexity index is 1390. The van der Waals surface area contributed by atoms with Crippen molar-refractivity contribution in [2.45, 2.75) is 24.9 Å². The number of fused-ring (bicyclic) bond motifs is 1.